The van der Waals surface area contributed by atoms with Crippen molar-refractivity contribution in [2.45, 2.75) is 13.0 Å². The average molecular weight is 337 g/mol. The van der Waals surface area contributed by atoms with Gasteiger partial charge in [0.2, 0.25) is 5.91 Å². The maximum Gasteiger partial charge on any atom is 0.219 e. The summed E-state index contributed by atoms with van der Waals surface area (Å²) in [6.07, 6.45) is 1.58. The normalized spacial score (nSPS) is 22.0. The number of hydrogen-bond donors (Lipinski definition) is 1. The topological polar surface area (TPSA) is 53.0 Å². The van der Waals surface area contributed by atoms with Gasteiger partial charge in [-0.2, -0.15) is 0 Å². The highest BCUT2D eigenvalue weighted by molar-refractivity contribution is 6.30. The Kier molecular flexibility index (Phi) is 4.90. The molecule has 0 spiro atoms. The highest BCUT2D eigenvalue weighted by Crippen LogP contribution is 2.29. The fraction of sp³-hybridized carbons (Fsp3) is 0.471. The number of amides is 1. The zero-order valence-corrected chi connectivity index (χ0v) is 13.9. The Bertz CT molecular complexity index is 632. The molecule has 2 heterocycles. The monoisotopic (exact) mass is 336 g/mol. The quantitative estimate of drug-likeness (QED) is 0.892. The van der Waals surface area contributed by atoms with Gasteiger partial charge in [-0.25, -0.2) is 0 Å². The molecule has 23 heavy (non-hydrogen) atoms. The maximum atomic E-state index is 11.5. The number of aliphatic hydroxyl groups is 1. The first-order valence-electron chi connectivity index (χ1n) is 7.79. The lowest BCUT2D eigenvalue weighted by Gasteiger charge is -2.25. The molecule has 1 aromatic carbocycles. The molecule has 1 unspecified atom stereocenters. The van der Waals surface area contributed by atoms with Crippen molar-refractivity contribution in [2.75, 3.05) is 39.3 Å². The lowest BCUT2D eigenvalue weighted by molar-refractivity contribution is -0.129. The average Bonchev–Trinajstić information content (AvgIpc) is 2.68. The van der Waals surface area contributed by atoms with Gasteiger partial charge < -0.3 is 14.7 Å². The van der Waals surface area contributed by atoms with E-state index >= 15 is 0 Å². The van der Waals surface area contributed by atoms with Gasteiger partial charge in [-0.15, -0.1) is 0 Å². The molecule has 124 valence electrons. The van der Waals surface area contributed by atoms with E-state index in [2.05, 4.69) is 11.0 Å². The zero-order chi connectivity index (χ0) is 16.4. The number of nitrogens with zero attached hydrogens (tertiary/aromatic N) is 2. The second-order valence-electron chi connectivity index (χ2n) is 6.13. The van der Waals surface area contributed by atoms with Gasteiger partial charge in [0.15, 0.2) is 0 Å². The number of carbonyl (C=O) groups excluding carboxylic acids is 1. The van der Waals surface area contributed by atoms with E-state index in [1.165, 1.54) is 0 Å². The van der Waals surface area contributed by atoms with Crippen LogP contribution in [0.2, 0.25) is 5.02 Å². The Labute approximate surface area is 141 Å². The number of halogens is 1. The van der Waals surface area contributed by atoms with Crippen LogP contribution < -0.4 is 4.74 Å². The second-order valence-corrected chi connectivity index (χ2v) is 6.56. The molecule has 0 aliphatic carbocycles. The Morgan fingerprint density at radius 3 is 3.00 bits per heavy atom. The largest absolute Gasteiger partial charge is 0.489 e. The van der Waals surface area contributed by atoms with Crippen molar-refractivity contribution < 1.29 is 14.6 Å². The first-order chi connectivity index (χ1) is 11.0. The minimum absolute atomic E-state index is 0.00897. The molecule has 6 heteroatoms. The van der Waals surface area contributed by atoms with Crippen molar-refractivity contribution in [3.63, 3.8) is 0 Å². The van der Waals surface area contributed by atoms with E-state index in [9.17, 15) is 9.90 Å². The van der Waals surface area contributed by atoms with Gasteiger partial charge in [-0.05, 0) is 29.8 Å². The molecule has 1 fully saturated rings. The lowest BCUT2D eigenvalue weighted by Crippen LogP contribution is -2.36. The number of benzene rings is 1. The number of fused-ring (bicyclic) bond motifs is 1. The second kappa shape index (κ2) is 6.91. The molecule has 0 bridgehead atoms. The fourth-order valence-corrected chi connectivity index (χ4v) is 3.24. The van der Waals surface area contributed by atoms with Crippen LogP contribution in [0.3, 0.4) is 0 Å². The highest BCUT2D eigenvalue weighted by Gasteiger charge is 2.23. The summed E-state index contributed by atoms with van der Waals surface area (Å²) in [5.41, 5.74) is 2.13. The molecule has 1 atom stereocenters. The highest BCUT2D eigenvalue weighted by atomic mass is 35.5. The summed E-state index contributed by atoms with van der Waals surface area (Å²) in [5.74, 6) is 0.853. The van der Waals surface area contributed by atoms with Crippen LogP contribution >= 0.6 is 11.6 Å². The lowest BCUT2D eigenvalue weighted by atomic mass is 10.1. The van der Waals surface area contributed by atoms with Gasteiger partial charge >= 0.3 is 0 Å². The van der Waals surface area contributed by atoms with E-state index in [1.54, 1.807) is 11.8 Å². The maximum absolute atomic E-state index is 11.5. The first-order valence-corrected chi connectivity index (χ1v) is 8.17. The molecule has 3 rings (SSSR count). The number of hydrogen-bond acceptors (Lipinski definition) is 4. The van der Waals surface area contributed by atoms with E-state index < -0.39 is 6.10 Å². The van der Waals surface area contributed by atoms with Gasteiger partial charge in [0, 0.05) is 50.2 Å². The molecule has 1 N–H and O–H groups in total. The van der Waals surface area contributed by atoms with Crippen LogP contribution in [-0.2, 0) is 4.79 Å². The van der Waals surface area contributed by atoms with Crippen LogP contribution in [-0.4, -0.2) is 66.2 Å². The summed E-state index contributed by atoms with van der Waals surface area (Å²) in [6, 6.07) is 5.59. The third-order valence-corrected chi connectivity index (χ3v) is 4.44. The smallest absolute Gasteiger partial charge is 0.219 e. The van der Waals surface area contributed by atoms with Gasteiger partial charge in [0.1, 0.15) is 12.4 Å². The Hall–Kier alpha value is -1.56. The van der Waals surface area contributed by atoms with Gasteiger partial charge in [0.05, 0.1) is 6.10 Å². The van der Waals surface area contributed by atoms with Crippen LogP contribution in [0.1, 0.15) is 12.5 Å². The standard InChI is InChI=1S/C17H21ClN2O3/c1-12(21)20-5-4-19(9-16(22)10-20)8-13-6-14-7-15(18)2-3-17(14)23-11-13/h2-3,6-7,16,22H,4-5,8-11H2,1H3. The molecule has 2 aliphatic rings. The number of rotatable bonds is 2. The SMILES string of the molecule is CC(=O)N1CCN(CC2=Cc3cc(Cl)ccc3OC2)CC(O)C1. The minimum atomic E-state index is -0.520. The number of aliphatic hydroxyl groups excluding tert-OH is 1. The summed E-state index contributed by atoms with van der Waals surface area (Å²) in [6.45, 7) is 5.15. The van der Waals surface area contributed by atoms with Crippen molar-refractivity contribution >= 4 is 23.6 Å². The van der Waals surface area contributed by atoms with Gasteiger partial charge in [-0.1, -0.05) is 11.6 Å². The molecule has 1 amide bonds. The zero-order valence-electron chi connectivity index (χ0n) is 13.2. The molecule has 2 aliphatic heterocycles. The number of carbonyl (C=O) groups is 1. The van der Waals surface area contributed by atoms with Crippen LogP contribution in [0.15, 0.2) is 23.8 Å². The predicted octanol–water partition coefficient (Wildman–Crippen LogP) is 1.64. The minimum Gasteiger partial charge on any atom is -0.489 e. The van der Waals surface area contributed by atoms with Crippen LogP contribution in [0.25, 0.3) is 6.08 Å². The van der Waals surface area contributed by atoms with Crippen molar-refractivity contribution in [3.8, 4) is 5.75 Å². The van der Waals surface area contributed by atoms with Crippen molar-refractivity contribution in [1.29, 1.82) is 0 Å². The Morgan fingerprint density at radius 1 is 1.39 bits per heavy atom. The summed E-state index contributed by atoms with van der Waals surface area (Å²) >= 11 is 6.04. The van der Waals surface area contributed by atoms with E-state index in [0.29, 0.717) is 31.3 Å². The van der Waals surface area contributed by atoms with Crippen LogP contribution in [0.4, 0.5) is 0 Å². The summed E-state index contributed by atoms with van der Waals surface area (Å²) < 4.78 is 5.77. The Balaban J connectivity index is 1.68. The molecule has 1 saturated heterocycles. The van der Waals surface area contributed by atoms with E-state index in [1.807, 2.05) is 18.2 Å². The van der Waals surface area contributed by atoms with E-state index in [4.69, 9.17) is 16.3 Å². The van der Waals surface area contributed by atoms with Crippen molar-refractivity contribution in [3.05, 3.63) is 34.4 Å². The van der Waals surface area contributed by atoms with Crippen molar-refractivity contribution in [2.24, 2.45) is 0 Å². The molecule has 0 aromatic heterocycles. The third kappa shape index (κ3) is 4.05. The first kappa shape index (κ1) is 16.3. The van der Waals surface area contributed by atoms with Gasteiger partial charge in [0.25, 0.3) is 0 Å². The fourth-order valence-electron chi connectivity index (χ4n) is 3.06. The molecular formula is C17H21ClN2O3. The van der Waals surface area contributed by atoms with E-state index in [-0.39, 0.29) is 5.91 Å². The Morgan fingerprint density at radius 2 is 2.22 bits per heavy atom. The van der Waals surface area contributed by atoms with Crippen molar-refractivity contribution in [1.82, 2.24) is 9.80 Å². The number of ether oxygens (including phenoxy) is 1. The third-order valence-electron chi connectivity index (χ3n) is 4.20. The molecule has 0 radical (unpaired) electrons. The van der Waals surface area contributed by atoms with Gasteiger partial charge in [-0.3, -0.25) is 9.69 Å². The van der Waals surface area contributed by atoms with Crippen LogP contribution in [0.5, 0.6) is 5.75 Å². The molecule has 0 saturated carbocycles. The molecular weight excluding hydrogens is 316 g/mol. The summed E-state index contributed by atoms with van der Waals surface area (Å²) in [4.78, 5) is 15.4. The summed E-state index contributed by atoms with van der Waals surface area (Å²) in [5, 5.41) is 10.8. The van der Waals surface area contributed by atoms with E-state index in [0.717, 1.165) is 30.0 Å². The van der Waals surface area contributed by atoms with Crippen LogP contribution in [0, 0.1) is 0 Å². The predicted molar refractivity (Wildman–Crippen MR) is 89.6 cm³/mol. The molecule has 1 aromatic rings. The number of β-amino-alcohol motifs (C(OH)–C–C–N with tert-alkyl or cyclic N) is 1. The molecule has 5 nitrogen and oxygen atoms in total. The summed E-state index contributed by atoms with van der Waals surface area (Å²) in [7, 11) is 0.